The van der Waals surface area contributed by atoms with Crippen LogP contribution in [0.4, 0.5) is 13.2 Å². The van der Waals surface area contributed by atoms with Gasteiger partial charge in [-0.1, -0.05) is 18.2 Å². The summed E-state index contributed by atoms with van der Waals surface area (Å²) in [7, 11) is -5.54. The van der Waals surface area contributed by atoms with E-state index in [1.54, 1.807) is 24.3 Å². The third-order valence-corrected chi connectivity index (χ3v) is 5.37. The molecule has 0 fully saturated rings. The van der Waals surface area contributed by atoms with Gasteiger partial charge in [-0.05, 0) is 37.6 Å². The average molecular weight is 428 g/mol. The molecule has 0 radical (unpaired) electrons. The van der Waals surface area contributed by atoms with Crippen molar-refractivity contribution < 1.29 is 35.9 Å². The van der Waals surface area contributed by atoms with Crippen LogP contribution in [0.2, 0.25) is 0 Å². The van der Waals surface area contributed by atoms with Gasteiger partial charge in [0.05, 0.1) is 16.5 Å². The van der Waals surface area contributed by atoms with E-state index in [4.69, 9.17) is 4.74 Å². The third kappa shape index (κ3) is 5.03. The first-order chi connectivity index (χ1) is 13.4. The maximum absolute atomic E-state index is 12.6. The van der Waals surface area contributed by atoms with Gasteiger partial charge in [0.2, 0.25) is 0 Å². The minimum Gasteiger partial charge on any atom is -0.458 e. The van der Waals surface area contributed by atoms with E-state index in [0.717, 1.165) is 12.1 Å². The molecule has 0 bridgehead atoms. The summed E-state index contributed by atoms with van der Waals surface area (Å²) in [4.78, 5) is 23.1. The quantitative estimate of drug-likeness (QED) is 0.697. The number of halogens is 3. The molecule has 0 spiro atoms. The Kier molecular flexibility index (Phi) is 6.18. The molecule has 0 aromatic heterocycles. The van der Waals surface area contributed by atoms with E-state index in [9.17, 15) is 36.4 Å². The number of esters is 1. The van der Waals surface area contributed by atoms with E-state index in [-0.39, 0.29) is 5.56 Å². The van der Waals surface area contributed by atoms with Gasteiger partial charge < -0.3 is 10.1 Å². The number of rotatable bonds is 6. The molecule has 11 heteroatoms. The molecule has 154 valence electrons. The molecule has 1 aliphatic carbocycles. The number of hydrogen-bond donors (Lipinski definition) is 1. The fourth-order valence-corrected chi connectivity index (χ4v) is 3.00. The molecule has 2 rings (SSSR count). The van der Waals surface area contributed by atoms with Crippen LogP contribution in [0, 0.1) is 11.3 Å². The van der Waals surface area contributed by atoms with Gasteiger partial charge in [0, 0.05) is 5.56 Å². The Balaban J connectivity index is 2.08. The van der Waals surface area contributed by atoms with Crippen LogP contribution >= 0.6 is 0 Å². The Morgan fingerprint density at radius 3 is 2.34 bits per heavy atom. The standard InChI is InChI=1S/C18H15F3N2O5S/c1-17(10-22,11-28-16(25)13-4-2-3-5-13)23-15(24)12-6-8-14(9-7-12)29(26,27)18(19,20)21/h2,4-9H,3,11H2,1H3,(H,23,24). The van der Waals surface area contributed by atoms with Crippen LogP contribution in [0.5, 0.6) is 0 Å². The van der Waals surface area contributed by atoms with Crippen molar-refractivity contribution in [3.8, 4) is 6.07 Å². The molecule has 0 aliphatic heterocycles. The number of sulfone groups is 1. The molecule has 7 nitrogen and oxygen atoms in total. The number of carbonyl (C=O) groups is 2. The molecule has 1 atom stereocenters. The monoisotopic (exact) mass is 428 g/mol. The van der Waals surface area contributed by atoms with Gasteiger partial charge in [-0.25, -0.2) is 13.2 Å². The van der Waals surface area contributed by atoms with Crippen molar-refractivity contribution >= 4 is 21.7 Å². The van der Waals surface area contributed by atoms with Gasteiger partial charge in [0.25, 0.3) is 15.7 Å². The van der Waals surface area contributed by atoms with Gasteiger partial charge in [0.15, 0.2) is 5.54 Å². The van der Waals surface area contributed by atoms with E-state index in [1.165, 1.54) is 6.92 Å². The molecule has 1 aromatic rings. The Morgan fingerprint density at radius 2 is 1.86 bits per heavy atom. The average Bonchev–Trinajstić information content (AvgIpc) is 3.20. The molecule has 0 saturated heterocycles. The van der Waals surface area contributed by atoms with Crippen LogP contribution in [-0.2, 0) is 19.4 Å². The lowest BCUT2D eigenvalue weighted by Crippen LogP contribution is -2.48. The smallest absolute Gasteiger partial charge is 0.458 e. The highest BCUT2D eigenvalue weighted by Crippen LogP contribution is 2.30. The normalized spacial score (nSPS) is 15.8. The highest BCUT2D eigenvalue weighted by Gasteiger charge is 2.46. The maximum Gasteiger partial charge on any atom is 0.501 e. The van der Waals surface area contributed by atoms with E-state index in [1.807, 2.05) is 0 Å². The number of hydrogen-bond acceptors (Lipinski definition) is 6. The predicted molar refractivity (Wildman–Crippen MR) is 94.0 cm³/mol. The lowest BCUT2D eigenvalue weighted by Gasteiger charge is -2.23. The van der Waals surface area contributed by atoms with Gasteiger partial charge in [-0.3, -0.25) is 4.79 Å². The van der Waals surface area contributed by atoms with Gasteiger partial charge in [-0.2, -0.15) is 18.4 Å². The van der Waals surface area contributed by atoms with Crippen molar-refractivity contribution in [1.82, 2.24) is 5.32 Å². The summed E-state index contributed by atoms with van der Waals surface area (Å²) < 4.78 is 65.4. The molecule has 1 aliphatic rings. The van der Waals surface area contributed by atoms with Crippen LogP contribution in [0.1, 0.15) is 23.7 Å². The molecule has 0 heterocycles. The minimum atomic E-state index is -5.54. The first-order valence-corrected chi connectivity index (χ1v) is 9.57. The number of benzene rings is 1. The first kappa shape index (κ1) is 22.2. The summed E-state index contributed by atoms with van der Waals surface area (Å²) in [5.41, 5.74) is -6.95. The molecule has 0 saturated carbocycles. The zero-order valence-electron chi connectivity index (χ0n) is 15.0. The fourth-order valence-electron chi connectivity index (χ4n) is 2.24. The number of nitrogens with zero attached hydrogens (tertiary/aromatic N) is 1. The number of nitriles is 1. The number of amides is 1. The van der Waals surface area contributed by atoms with E-state index < -0.39 is 44.3 Å². The predicted octanol–water partition coefficient (Wildman–Crippen LogP) is 2.42. The summed E-state index contributed by atoms with van der Waals surface area (Å²) in [6.45, 7) is 0.819. The summed E-state index contributed by atoms with van der Waals surface area (Å²) in [6.07, 6.45) is 5.50. The number of ether oxygens (including phenoxy) is 1. The molecular formula is C18H15F3N2O5S. The van der Waals surface area contributed by atoms with Crippen molar-refractivity contribution in [2.24, 2.45) is 0 Å². The zero-order valence-corrected chi connectivity index (χ0v) is 15.8. The Hall–Kier alpha value is -3.13. The lowest BCUT2D eigenvalue weighted by atomic mass is 10.1. The molecular weight excluding hydrogens is 413 g/mol. The van der Waals surface area contributed by atoms with Gasteiger partial charge in [-0.15, -0.1) is 0 Å². The lowest BCUT2D eigenvalue weighted by molar-refractivity contribution is -0.139. The molecule has 1 N–H and O–H groups in total. The van der Waals surface area contributed by atoms with Crippen molar-refractivity contribution in [1.29, 1.82) is 5.26 Å². The van der Waals surface area contributed by atoms with Crippen molar-refractivity contribution in [3.63, 3.8) is 0 Å². The van der Waals surface area contributed by atoms with Crippen LogP contribution in [0.25, 0.3) is 0 Å². The van der Waals surface area contributed by atoms with Crippen LogP contribution in [0.3, 0.4) is 0 Å². The third-order valence-electron chi connectivity index (χ3n) is 3.87. The second-order valence-electron chi connectivity index (χ2n) is 6.25. The number of carbonyl (C=O) groups excluding carboxylic acids is 2. The molecule has 1 unspecified atom stereocenters. The van der Waals surface area contributed by atoms with Gasteiger partial charge >= 0.3 is 11.5 Å². The number of alkyl halides is 3. The number of nitrogens with one attached hydrogen (secondary N) is 1. The molecule has 29 heavy (non-hydrogen) atoms. The van der Waals surface area contributed by atoms with Crippen LogP contribution in [0.15, 0.2) is 53.0 Å². The fraction of sp³-hybridized carbons (Fsp3) is 0.278. The van der Waals surface area contributed by atoms with E-state index >= 15 is 0 Å². The second kappa shape index (κ2) is 8.08. The summed E-state index contributed by atoms with van der Waals surface area (Å²) in [6, 6.07) is 4.83. The van der Waals surface area contributed by atoms with Crippen molar-refractivity contribution in [2.45, 2.75) is 29.3 Å². The highest BCUT2D eigenvalue weighted by molar-refractivity contribution is 7.92. The maximum atomic E-state index is 12.6. The highest BCUT2D eigenvalue weighted by atomic mass is 32.2. The Morgan fingerprint density at radius 1 is 1.24 bits per heavy atom. The molecule has 1 amide bonds. The van der Waals surface area contributed by atoms with Crippen LogP contribution in [-0.4, -0.2) is 37.9 Å². The van der Waals surface area contributed by atoms with E-state index in [0.29, 0.717) is 24.1 Å². The minimum absolute atomic E-state index is 0.180. The largest absolute Gasteiger partial charge is 0.501 e. The zero-order chi connectivity index (χ0) is 21.9. The molecule has 1 aromatic carbocycles. The van der Waals surface area contributed by atoms with E-state index in [2.05, 4.69) is 5.32 Å². The second-order valence-corrected chi connectivity index (χ2v) is 8.19. The topological polar surface area (TPSA) is 113 Å². The van der Waals surface area contributed by atoms with Crippen LogP contribution < -0.4 is 5.32 Å². The summed E-state index contributed by atoms with van der Waals surface area (Å²) in [5, 5.41) is 11.6. The van der Waals surface area contributed by atoms with Crippen molar-refractivity contribution in [3.05, 3.63) is 53.6 Å². The Bertz CT molecular complexity index is 1020. The SMILES string of the molecule is CC(C#N)(COC(=O)C1=CCC=C1)NC(=O)c1ccc(S(=O)(=O)C(F)(F)F)cc1. The Labute approximate surface area is 164 Å². The summed E-state index contributed by atoms with van der Waals surface area (Å²) >= 11 is 0. The summed E-state index contributed by atoms with van der Waals surface area (Å²) in [5.74, 6) is -1.53. The van der Waals surface area contributed by atoms with Gasteiger partial charge in [0.1, 0.15) is 6.61 Å². The first-order valence-electron chi connectivity index (χ1n) is 8.09. The van der Waals surface area contributed by atoms with Crippen molar-refractivity contribution in [2.75, 3.05) is 6.61 Å². The number of allylic oxidation sites excluding steroid dienone is 2.